The molecule has 0 unspecified atom stereocenters. The molecule has 0 fully saturated rings. The predicted molar refractivity (Wildman–Crippen MR) is 118 cm³/mol. The van der Waals surface area contributed by atoms with Gasteiger partial charge in [-0.05, 0) is 49.1 Å². The zero-order valence-corrected chi connectivity index (χ0v) is 17.4. The molecule has 0 bridgehead atoms. The van der Waals surface area contributed by atoms with Crippen molar-refractivity contribution in [1.29, 1.82) is 0 Å². The molecule has 29 heavy (non-hydrogen) atoms. The van der Waals surface area contributed by atoms with Crippen molar-refractivity contribution in [3.63, 3.8) is 0 Å². The van der Waals surface area contributed by atoms with Gasteiger partial charge in [-0.2, -0.15) is 0 Å². The third kappa shape index (κ3) is 5.76. The first kappa shape index (κ1) is 20.8. The summed E-state index contributed by atoms with van der Waals surface area (Å²) in [4.78, 5) is 25.6. The Hall–Kier alpha value is -2.96. The van der Waals surface area contributed by atoms with Gasteiger partial charge in [0.05, 0.1) is 12.6 Å². The minimum Gasteiger partial charge on any atom is -0.352 e. The second-order valence-electron chi connectivity index (χ2n) is 6.73. The summed E-state index contributed by atoms with van der Waals surface area (Å²) in [5.41, 5.74) is 3.43. The summed E-state index contributed by atoms with van der Waals surface area (Å²) in [6, 6.07) is 19.3. The lowest BCUT2D eigenvalue weighted by Gasteiger charge is -2.18. The van der Waals surface area contributed by atoms with Crippen molar-refractivity contribution in [2.75, 3.05) is 18.4 Å². The highest BCUT2D eigenvalue weighted by Gasteiger charge is 2.16. The number of carbonyl (C=O) groups excluding carboxylic acids is 2. The number of hydrogen-bond donors (Lipinski definition) is 3. The van der Waals surface area contributed by atoms with Crippen LogP contribution >= 0.6 is 11.3 Å². The van der Waals surface area contributed by atoms with Gasteiger partial charge in [-0.15, -0.1) is 11.3 Å². The van der Waals surface area contributed by atoms with Gasteiger partial charge in [-0.1, -0.05) is 42.0 Å². The molecule has 5 nitrogen and oxygen atoms in total. The summed E-state index contributed by atoms with van der Waals surface area (Å²) in [5, 5.41) is 11.0. The summed E-state index contributed by atoms with van der Waals surface area (Å²) < 4.78 is 0. The van der Waals surface area contributed by atoms with Crippen molar-refractivity contribution in [2.24, 2.45) is 0 Å². The Labute approximate surface area is 175 Å². The molecule has 6 heteroatoms. The lowest BCUT2D eigenvalue weighted by molar-refractivity contribution is -0.115. The van der Waals surface area contributed by atoms with Gasteiger partial charge in [0.1, 0.15) is 0 Å². The van der Waals surface area contributed by atoms with E-state index in [0.717, 1.165) is 10.4 Å². The molecule has 1 atom stereocenters. The zero-order valence-electron chi connectivity index (χ0n) is 16.6. The molecular weight excluding hydrogens is 382 g/mol. The third-order valence-electron chi connectivity index (χ3n) is 4.45. The summed E-state index contributed by atoms with van der Waals surface area (Å²) in [5.74, 6) is -0.314. The molecule has 3 rings (SSSR count). The minimum atomic E-state index is -0.160. The molecule has 3 aromatic rings. The van der Waals surface area contributed by atoms with Crippen LogP contribution in [-0.4, -0.2) is 24.9 Å². The van der Waals surface area contributed by atoms with E-state index in [0.29, 0.717) is 17.8 Å². The Morgan fingerprint density at radius 3 is 2.52 bits per heavy atom. The van der Waals surface area contributed by atoms with E-state index < -0.39 is 0 Å². The van der Waals surface area contributed by atoms with Gasteiger partial charge in [-0.25, -0.2) is 0 Å². The highest BCUT2D eigenvalue weighted by Crippen LogP contribution is 2.26. The first-order chi connectivity index (χ1) is 14.1. The van der Waals surface area contributed by atoms with Gasteiger partial charge < -0.3 is 10.6 Å². The highest BCUT2D eigenvalue weighted by atomic mass is 32.1. The van der Waals surface area contributed by atoms with Gasteiger partial charge in [-0.3, -0.25) is 14.9 Å². The monoisotopic (exact) mass is 407 g/mol. The van der Waals surface area contributed by atoms with Crippen LogP contribution in [0.5, 0.6) is 0 Å². The van der Waals surface area contributed by atoms with Crippen molar-refractivity contribution < 1.29 is 9.59 Å². The summed E-state index contributed by atoms with van der Waals surface area (Å²) in [6.45, 7) is 4.64. The molecule has 0 aliphatic rings. The number of benzene rings is 2. The smallest absolute Gasteiger partial charge is 0.251 e. The van der Waals surface area contributed by atoms with E-state index in [1.54, 1.807) is 35.6 Å². The van der Waals surface area contributed by atoms with Crippen LogP contribution in [0.2, 0.25) is 0 Å². The Morgan fingerprint density at radius 1 is 1.03 bits per heavy atom. The van der Waals surface area contributed by atoms with E-state index in [1.807, 2.05) is 18.4 Å². The first-order valence-corrected chi connectivity index (χ1v) is 10.5. The fourth-order valence-corrected chi connectivity index (χ4v) is 3.82. The number of aryl methyl sites for hydroxylation is 1. The van der Waals surface area contributed by atoms with Crippen LogP contribution in [0.1, 0.15) is 39.3 Å². The van der Waals surface area contributed by atoms with E-state index in [-0.39, 0.29) is 24.4 Å². The molecule has 1 heterocycles. The van der Waals surface area contributed by atoms with Gasteiger partial charge in [0, 0.05) is 22.7 Å². The normalized spacial score (nSPS) is 11.7. The Morgan fingerprint density at radius 2 is 1.83 bits per heavy atom. The van der Waals surface area contributed by atoms with Crippen LogP contribution in [0.3, 0.4) is 0 Å². The number of hydrogen-bond acceptors (Lipinski definition) is 4. The number of anilines is 1. The predicted octanol–water partition coefficient (Wildman–Crippen LogP) is 4.12. The van der Waals surface area contributed by atoms with Gasteiger partial charge in [0.25, 0.3) is 5.91 Å². The maximum Gasteiger partial charge on any atom is 0.251 e. The van der Waals surface area contributed by atoms with Gasteiger partial charge >= 0.3 is 0 Å². The average Bonchev–Trinajstić information content (AvgIpc) is 3.24. The summed E-state index contributed by atoms with van der Waals surface area (Å²) in [6.07, 6.45) is 0. The number of rotatable bonds is 8. The van der Waals surface area contributed by atoms with Crippen molar-refractivity contribution >= 4 is 28.8 Å². The molecule has 0 aliphatic carbocycles. The second kappa shape index (κ2) is 10.0. The maximum absolute atomic E-state index is 12.5. The van der Waals surface area contributed by atoms with E-state index in [1.165, 1.54) is 5.56 Å². The van der Waals surface area contributed by atoms with Crippen molar-refractivity contribution in [1.82, 2.24) is 10.6 Å². The van der Waals surface area contributed by atoms with E-state index in [2.05, 4.69) is 53.2 Å². The van der Waals surface area contributed by atoms with E-state index >= 15 is 0 Å². The molecule has 3 N–H and O–H groups in total. The van der Waals surface area contributed by atoms with Gasteiger partial charge in [0.2, 0.25) is 5.91 Å². The molecule has 2 aromatic carbocycles. The molecule has 0 radical (unpaired) electrons. The Kier molecular flexibility index (Phi) is 7.16. The first-order valence-electron chi connectivity index (χ1n) is 9.58. The van der Waals surface area contributed by atoms with Crippen molar-refractivity contribution in [2.45, 2.75) is 19.9 Å². The minimum absolute atomic E-state index is 0.0528. The molecule has 0 aliphatic heterocycles. The highest BCUT2D eigenvalue weighted by molar-refractivity contribution is 7.10. The zero-order chi connectivity index (χ0) is 20.6. The fourth-order valence-electron chi connectivity index (χ4n) is 3.00. The summed E-state index contributed by atoms with van der Waals surface area (Å²) >= 11 is 1.66. The summed E-state index contributed by atoms with van der Waals surface area (Å²) in [7, 11) is 0. The van der Waals surface area contributed by atoms with Crippen LogP contribution in [-0.2, 0) is 4.79 Å². The van der Waals surface area contributed by atoms with Crippen molar-refractivity contribution in [3.05, 3.63) is 87.6 Å². The number of amides is 2. The largest absolute Gasteiger partial charge is 0.352 e. The van der Waals surface area contributed by atoms with Crippen LogP contribution in [0, 0.1) is 6.92 Å². The van der Waals surface area contributed by atoms with Crippen molar-refractivity contribution in [3.8, 4) is 0 Å². The van der Waals surface area contributed by atoms with Crippen LogP contribution in [0.4, 0.5) is 5.69 Å². The molecule has 2 amide bonds. The Balaban J connectivity index is 1.66. The number of nitrogens with one attached hydrogen (secondary N) is 3. The topological polar surface area (TPSA) is 70.2 Å². The average molecular weight is 408 g/mol. The number of thiophene rings is 1. The molecule has 150 valence electrons. The standard InChI is InChI=1S/C23H25N3O2S/c1-3-24-23(28)18-6-4-7-19(14-18)26-21(27)15-25-22(20-8-5-13-29-20)17-11-9-16(2)10-12-17/h4-14,22,25H,3,15H2,1-2H3,(H,24,28)(H,26,27)/t22-/m1/s1. The molecular formula is C23H25N3O2S. The van der Waals surface area contributed by atoms with E-state index in [9.17, 15) is 9.59 Å². The van der Waals surface area contributed by atoms with Crippen LogP contribution in [0.15, 0.2) is 66.0 Å². The van der Waals surface area contributed by atoms with E-state index in [4.69, 9.17) is 0 Å². The number of carbonyl (C=O) groups is 2. The third-order valence-corrected chi connectivity index (χ3v) is 5.39. The Bertz CT molecular complexity index is 953. The molecule has 0 saturated carbocycles. The lowest BCUT2D eigenvalue weighted by Crippen LogP contribution is -2.31. The fraction of sp³-hybridized carbons (Fsp3) is 0.217. The quantitative estimate of drug-likeness (QED) is 0.526. The molecule has 0 saturated heterocycles. The second-order valence-corrected chi connectivity index (χ2v) is 7.71. The maximum atomic E-state index is 12.5. The molecule has 0 spiro atoms. The van der Waals surface area contributed by atoms with Gasteiger partial charge in [0.15, 0.2) is 0 Å². The SMILES string of the molecule is CCNC(=O)c1cccc(NC(=O)CN[C@H](c2ccc(C)cc2)c2cccs2)c1. The lowest BCUT2D eigenvalue weighted by atomic mass is 10.0. The van der Waals surface area contributed by atoms with Crippen LogP contribution < -0.4 is 16.0 Å². The van der Waals surface area contributed by atoms with Crippen LogP contribution in [0.25, 0.3) is 0 Å². The molecule has 1 aromatic heterocycles.